The maximum atomic E-state index is 2.99. The van der Waals surface area contributed by atoms with Gasteiger partial charge < -0.3 is 0 Å². The molecule has 0 nitrogen and oxygen atoms in total. The van der Waals surface area contributed by atoms with Crippen LogP contribution in [0.15, 0.2) is 36.5 Å². The van der Waals surface area contributed by atoms with E-state index in [0.29, 0.717) is 0 Å². The molecule has 2 aliphatic rings. The van der Waals surface area contributed by atoms with Gasteiger partial charge >= 0.3 is 20.4 Å². The number of rotatable bonds is 0. The van der Waals surface area contributed by atoms with E-state index in [1.807, 2.05) is 24.3 Å². The molecule has 60 valence electrons. The molecule has 2 rings (SSSR count). The summed E-state index contributed by atoms with van der Waals surface area (Å²) in [5.41, 5.74) is 0. The maximum absolute atomic E-state index is 2.99. The Kier molecular flexibility index (Phi) is 7.46. The van der Waals surface area contributed by atoms with Crippen LogP contribution in [0.5, 0.6) is 0 Å². The summed E-state index contributed by atoms with van der Waals surface area (Å²) in [5.74, 6) is 0. The molecule has 0 amide bonds. The second kappa shape index (κ2) is 7.73. The third-order valence-electron chi connectivity index (χ3n) is 1.17. The van der Waals surface area contributed by atoms with Gasteiger partial charge in [0, 0.05) is 0 Å². The molecule has 0 aromatic carbocycles. The van der Waals surface area contributed by atoms with Gasteiger partial charge in [0.05, 0.1) is 0 Å². The largest absolute Gasteiger partial charge is 2.00 e. The first-order valence-corrected chi connectivity index (χ1v) is 3.43. The molecule has 0 saturated carbocycles. The molecule has 2 aliphatic carbocycles. The molecule has 0 aromatic rings. The smallest absolute Gasteiger partial charge is 0.273 e. The average molecular weight is 237 g/mol. The monoisotopic (exact) mass is 236 g/mol. The molecule has 0 fully saturated rings. The van der Waals surface area contributed by atoms with Gasteiger partial charge in [-0.1, -0.05) is 0 Å². The Morgan fingerprint density at radius 3 is 1.36 bits per heavy atom. The van der Waals surface area contributed by atoms with Crippen LogP contribution in [0.4, 0.5) is 0 Å². The minimum Gasteiger partial charge on any atom is -0.273 e. The molecule has 0 atom stereocenters. The van der Waals surface area contributed by atoms with Crippen LogP contribution in [-0.4, -0.2) is 0 Å². The van der Waals surface area contributed by atoms with Crippen molar-refractivity contribution in [1.82, 2.24) is 0 Å². The van der Waals surface area contributed by atoms with Gasteiger partial charge in [-0.15, -0.1) is 12.8 Å². The number of hydrogen-bond donors (Lipinski definition) is 0. The van der Waals surface area contributed by atoms with E-state index < -0.39 is 0 Å². The van der Waals surface area contributed by atoms with E-state index in [4.69, 9.17) is 0 Å². The second-order valence-corrected chi connectivity index (χ2v) is 2.01. The topological polar surface area (TPSA) is 0 Å². The Hall–Kier alpha value is -0.378. The van der Waals surface area contributed by atoms with Crippen molar-refractivity contribution in [1.29, 1.82) is 0 Å². The van der Waals surface area contributed by atoms with Gasteiger partial charge in [0.2, 0.25) is 0 Å². The standard InChI is InChI=1S/2C5H5.Pd/c2*1-2-4-5-3-1;/h2*1-3H,4H2;/q2*-1;+2. The van der Waals surface area contributed by atoms with Crippen molar-refractivity contribution >= 4 is 0 Å². The summed E-state index contributed by atoms with van der Waals surface area (Å²) in [7, 11) is 0. The fourth-order valence-corrected chi connectivity index (χ4v) is 0.680. The summed E-state index contributed by atoms with van der Waals surface area (Å²) in [6.07, 6.45) is 20.0. The van der Waals surface area contributed by atoms with E-state index in [2.05, 4.69) is 24.3 Å². The summed E-state index contributed by atoms with van der Waals surface area (Å²) in [5, 5.41) is 0. The molecular weight excluding hydrogens is 227 g/mol. The van der Waals surface area contributed by atoms with Crippen LogP contribution in [0.25, 0.3) is 0 Å². The molecule has 0 spiro atoms. The van der Waals surface area contributed by atoms with Gasteiger partial charge in [-0.3, -0.25) is 12.2 Å². The van der Waals surface area contributed by atoms with E-state index in [-0.39, 0.29) is 20.4 Å². The summed E-state index contributed by atoms with van der Waals surface area (Å²) < 4.78 is 0. The van der Waals surface area contributed by atoms with Crippen molar-refractivity contribution in [3.8, 4) is 0 Å². The average Bonchev–Trinajstić information content (AvgIpc) is 2.67. The first-order valence-electron chi connectivity index (χ1n) is 3.43. The number of hydrogen-bond acceptors (Lipinski definition) is 0. The van der Waals surface area contributed by atoms with E-state index in [1.165, 1.54) is 0 Å². The molecule has 1 heteroatoms. The SMILES string of the molecule is [C-]1=CC=CC1.[C-]1=CC=CC1.[Pd+2]. The second-order valence-electron chi connectivity index (χ2n) is 2.01. The molecule has 0 aromatic heterocycles. The first kappa shape index (κ1) is 10.6. The molecule has 11 heavy (non-hydrogen) atoms. The van der Waals surface area contributed by atoms with Gasteiger partial charge in [-0.25, -0.2) is 24.3 Å². The molecule has 0 saturated heterocycles. The summed E-state index contributed by atoms with van der Waals surface area (Å²) in [6, 6.07) is 0. The van der Waals surface area contributed by atoms with Crippen LogP contribution < -0.4 is 0 Å². The molecule has 0 heterocycles. The van der Waals surface area contributed by atoms with Crippen LogP contribution in [0, 0.1) is 12.2 Å². The quantitative estimate of drug-likeness (QED) is 0.448. The Balaban J connectivity index is 0.000000167. The van der Waals surface area contributed by atoms with E-state index in [1.54, 1.807) is 0 Å². The van der Waals surface area contributed by atoms with Gasteiger partial charge in [-0.2, -0.15) is 12.2 Å². The van der Waals surface area contributed by atoms with Crippen LogP contribution in [0.3, 0.4) is 0 Å². The van der Waals surface area contributed by atoms with Crippen molar-refractivity contribution in [3.63, 3.8) is 0 Å². The van der Waals surface area contributed by atoms with Crippen molar-refractivity contribution in [2.24, 2.45) is 0 Å². The van der Waals surface area contributed by atoms with Gasteiger partial charge in [0.25, 0.3) is 0 Å². The van der Waals surface area contributed by atoms with Crippen molar-refractivity contribution < 1.29 is 20.4 Å². The predicted molar refractivity (Wildman–Crippen MR) is 43.1 cm³/mol. The van der Waals surface area contributed by atoms with E-state index in [0.717, 1.165) is 12.8 Å². The molecular formula is C10H10Pd. The fraction of sp³-hybridized carbons (Fsp3) is 0.200. The normalized spacial score (nSPS) is 16.0. The van der Waals surface area contributed by atoms with Crippen molar-refractivity contribution in [2.45, 2.75) is 12.8 Å². The zero-order chi connectivity index (χ0) is 7.07. The van der Waals surface area contributed by atoms with Crippen LogP contribution >= 0.6 is 0 Å². The van der Waals surface area contributed by atoms with Crippen LogP contribution in [-0.2, 0) is 20.4 Å². The third kappa shape index (κ3) is 6.04. The molecule has 0 N–H and O–H groups in total. The van der Waals surface area contributed by atoms with Crippen LogP contribution in [0.1, 0.15) is 12.8 Å². The van der Waals surface area contributed by atoms with Crippen molar-refractivity contribution in [3.05, 3.63) is 48.6 Å². The summed E-state index contributed by atoms with van der Waals surface area (Å²) >= 11 is 0. The van der Waals surface area contributed by atoms with Gasteiger partial charge in [0.1, 0.15) is 0 Å². The minimum absolute atomic E-state index is 0. The molecule has 0 bridgehead atoms. The minimum atomic E-state index is 0. The Labute approximate surface area is 82.0 Å². The van der Waals surface area contributed by atoms with Crippen LogP contribution in [0.2, 0.25) is 0 Å². The Morgan fingerprint density at radius 2 is 1.27 bits per heavy atom. The first-order chi connectivity index (χ1) is 5.00. The van der Waals surface area contributed by atoms with Gasteiger partial charge in [-0.05, 0) is 0 Å². The Bertz CT molecular complexity index is 143. The summed E-state index contributed by atoms with van der Waals surface area (Å²) in [4.78, 5) is 0. The zero-order valence-corrected chi connectivity index (χ0v) is 7.75. The van der Waals surface area contributed by atoms with Crippen molar-refractivity contribution in [2.75, 3.05) is 0 Å². The Morgan fingerprint density at radius 1 is 0.818 bits per heavy atom. The fourth-order valence-electron chi connectivity index (χ4n) is 0.680. The maximum Gasteiger partial charge on any atom is 2.00 e. The van der Waals surface area contributed by atoms with E-state index >= 15 is 0 Å². The predicted octanol–water partition coefficient (Wildman–Crippen LogP) is 2.61. The molecule has 0 radical (unpaired) electrons. The molecule has 0 aliphatic heterocycles. The zero-order valence-electron chi connectivity index (χ0n) is 6.19. The molecule has 0 unspecified atom stereocenters. The number of allylic oxidation sites excluding steroid dienone is 8. The van der Waals surface area contributed by atoms with E-state index in [9.17, 15) is 0 Å². The third-order valence-corrected chi connectivity index (χ3v) is 1.17. The van der Waals surface area contributed by atoms with Gasteiger partial charge in [0.15, 0.2) is 0 Å². The summed E-state index contributed by atoms with van der Waals surface area (Å²) in [6.45, 7) is 0.